The van der Waals surface area contributed by atoms with Crippen LogP contribution in [-0.4, -0.2) is 53.2 Å². The molecule has 0 saturated carbocycles. The molecule has 1 saturated heterocycles. The Labute approximate surface area is 161 Å². The number of ether oxygens (including phenoxy) is 2. The van der Waals surface area contributed by atoms with Crippen LogP contribution in [0.5, 0.6) is 5.75 Å². The molecule has 1 amide bonds. The average molecular weight is 386 g/mol. The number of hydrazine groups is 1. The first-order valence-electron chi connectivity index (χ1n) is 9.04. The first kappa shape index (κ1) is 18.0. The molecule has 8 heteroatoms. The summed E-state index contributed by atoms with van der Waals surface area (Å²) in [6, 6.07) is 7.90. The van der Waals surface area contributed by atoms with Crippen molar-refractivity contribution in [3.8, 4) is 17.0 Å². The minimum Gasteiger partial charge on any atom is -0.494 e. The first-order valence-corrected chi connectivity index (χ1v) is 9.92. The molecule has 1 aromatic carbocycles. The Kier molecular flexibility index (Phi) is 5.38. The van der Waals surface area contributed by atoms with Crippen molar-refractivity contribution in [1.29, 1.82) is 0 Å². The summed E-state index contributed by atoms with van der Waals surface area (Å²) in [5.74, 6) is 0.829. The topological polar surface area (TPSA) is 68.1 Å². The predicted molar refractivity (Wildman–Crippen MR) is 104 cm³/mol. The number of hydrogen-bond acceptors (Lipinski definition) is 6. The number of nitrogens with zero attached hydrogens (tertiary/aromatic N) is 3. The second-order valence-electron chi connectivity index (χ2n) is 6.27. The van der Waals surface area contributed by atoms with Gasteiger partial charge in [-0.3, -0.25) is 14.6 Å². The van der Waals surface area contributed by atoms with Crippen LogP contribution in [0.1, 0.15) is 12.6 Å². The van der Waals surface area contributed by atoms with E-state index >= 15 is 0 Å². The van der Waals surface area contributed by atoms with Crippen molar-refractivity contribution in [2.24, 2.45) is 0 Å². The minimum atomic E-state index is -0.0204. The minimum absolute atomic E-state index is 0.0204. The van der Waals surface area contributed by atoms with Crippen LogP contribution in [0.2, 0.25) is 0 Å². The summed E-state index contributed by atoms with van der Waals surface area (Å²) in [4.78, 5) is 17.9. The first-order chi connectivity index (χ1) is 13.2. The molecule has 27 heavy (non-hydrogen) atoms. The quantitative estimate of drug-likeness (QED) is 0.704. The van der Waals surface area contributed by atoms with Crippen molar-refractivity contribution in [2.75, 3.05) is 32.9 Å². The number of fused-ring (bicyclic) bond motifs is 1. The van der Waals surface area contributed by atoms with E-state index in [0.717, 1.165) is 40.8 Å². The Bertz CT molecular complexity index is 913. The molecule has 4 rings (SSSR count). The van der Waals surface area contributed by atoms with Crippen LogP contribution >= 0.6 is 11.3 Å². The van der Waals surface area contributed by atoms with Crippen LogP contribution in [-0.2, 0) is 16.0 Å². The fraction of sp³-hybridized carbons (Fsp3) is 0.368. The zero-order chi connectivity index (χ0) is 18.6. The van der Waals surface area contributed by atoms with Crippen LogP contribution in [0.25, 0.3) is 16.2 Å². The van der Waals surface area contributed by atoms with Crippen LogP contribution < -0.4 is 10.2 Å². The third-order valence-corrected chi connectivity index (χ3v) is 5.27. The molecule has 0 unspecified atom stereocenters. The highest BCUT2D eigenvalue weighted by Gasteiger charge is 2.16. The molecule has 1 fully saturated rings. The van der Waals surface area contributed by atoms with Gasteiger partial charge in [-0.25, -0.2) is 9.99 Å². The van der Waals surface area contributed by atoms with Gasteiger partial charge in [-0.15, -0.1) is 11.3 Å². The van der Waals surface area contributed by atoms with Crippen molar-refractivity contribution in [2.45, 2.75) is 13.3 Å². The Hall–Kier alpha value is -2.42. The molecule has 2 aromatic heterocycles. The average Bonchev–Trinajstić information content (AvgIpc) is 3.25. The number of aromatic nitrogens is 2. The summed E-state index contributed by atoms with van der Waals surface area (Å²) >= 11 is 1.54. The van der Waals surface area contributed by atoms with E-state index in [1.165, 1.54) is 0 Å². The summed E-state index contributed by atoms with van der Waals surface area (Å²) in [5, 5.41) is 3.90. The SMILES string of the molecule is CCOc1ccc(-c2cn3c(CC(=O)NN4CCOCC4)csc3n2)cc1. The molecule has 0 spiro atoms. The van der Waals surface area contributed by atoms with Gasteiger partial charge in [0.25, 0.3) is 0 Å². The summed E-state index contributed by atoms with van der Waals surface area (Å²) in [7, 11) is 0. The van der Waals surface area contributed by atoms with Crippen molar-refractivity contribution in [3.63, 3.8) is 0 Å². The van der Waals surface area contributed by atoms with E-state index in [1.54, 1.807) is 11.3 Å². The second-order valence-corrected chi connectivity index (χ2v) is 7.11. The van der Waals surface area contributed by atoms with Crippen LogP contribution in [0.4, 0.5) is 0 Å². The maximum Gasteiger partial charge on any atom is 0.240 e. The standard InChI is InChI=1S/C19H22N4O3S/c1-2-26-16-5-3-14(4-6-16)17-12-23-15(13-27-19(23)20-17)11-18(24)21-22-7-9-25-10-8-22/h3-6,12-13H,2,7-11H2,1H3,(H,21,24). The maximum atomic E-state index is 12.4. The van der Waals surface area contributed by atoms with Gasteiger partial charge in [-0.2, -0.15) is 0 Å². The molecule has 0 bridgehead atoms. The Morgan fingerprint density at radius 3 is 2.81 bits per heavy atom. The van der Waals surface area contributed by atoms with E-state index in [4.69, 9.17) is 9.47 Å². The second kappa shape index (κ2) is 8.08. The van der Waals surface area contributed by atoms with Crippen molar-refractivity contribution >= 4 is 22.2 Å². The predicted octanol–water partition coefficient (Wildman–Crippen LogP) is 2.37. The lowest BCUT2D eigenvalue weighted by molar-refractivity contribution is -0.127. The van der Waals surface area contributed by atoms with E-state index < -0.39 is 0 Å². The molecular weight excluding hydrogens is 364 g/mol. The van der Waals surface area contributed by atoms with Crippen molar-refractivity contribution in [3.05, 3.63) is 41.5 Å². The number of amides is 1. The zero-order valence-electron chi connectivity index (χ0n) is 15.2. The molecule has 0 radical (unpaired) electrons. The Morgan fingerprint density at radius 2 is 2.07 bits per heavy atom. The Morgan fingerprint density at radius 1 is 1.30 bits per heavy atom. The highest BCUT2D eigenvalue weighted by atomic mass is 32.1. The largest absolute Gasteiger partial charge is 0.494 e. The number of imidazole rings is 1. The van der Waals surface area contributed by atoms with Gasteiger partial charge in [0.1, 0.15) is 5.75 Å². The molecule has 1 N–H and O–H groups in total. The molecule has 1 aliphatic heterocycles. The van der Waals surface area contributed by atoms with Gasteiger partial charge < -0.3 is 9.47 Å². The number of nitrogens with one attached hydrogen (secondary N) is 1. The zero-order valence-corrected chi connectivity index (χ0v) is 16.0. The molecule has 142 valence electrons. The highest BCUT2D eigenvalue weighted by molar-refractivity contribution is 7.15. The fourth-order valence-electron chi connectivity index (χ4n) is 3.04. The van der Waals surface area contributed by atoms with Gasteiger partial charge in [-0.1, -0.05) is 0 Å². The summed E-state index contributed by atoms with van der Waals surface area (Å²) in [6.07, 6.45) is 2.30. The molecule has 0 aliphatic carbocycles. The molecule has 3 heterocycles. The van der Waals surface area contributed by atoms with E-state index in [2.05, 4.69) is 10.4 Å². The van der Waals surface area contributed by atoms with Crippen molar-refractivity contribution < 1.29 is 14.3 Å². The van der Waals surface area contributed by atoms with Crippen molar-refractivity contribution in [1.82, 2.24) is 19.8 Å². The number of morpholine rings is 1. The maximum absolute atomic E-state index is 12.4. The lowest BCUT2D eigenvalue weighted by Gasteiger charge is -2.26. The lowest BCUT2D eigenvalue weighted by Crippen LogP contribution is -2.48. The number of benzene rings is 1. The van der Waals surface area contributed by atoms with Gasteiger partial charge in [0, 0.05) is 35.9 Å². The molecular formula is C19H22N4O3S. The van der Waals surface area contributed by atoms with E-state index in [1.807, 2.05) is 52.2 Å². The molecule has 3 aromatic rings. The van der Waals surface area contributed by atoms with Gasteiger partial charge in [0.15, 0.2) is 4.96 Å². The van der Waals surface area contributed by atoms with Gasteiger partial charge in [0.2, 0.25) is 5.91 Å². The number of thiazole rings is 1. The molecule has 7 nitrogen and oxygen atoms in total. The summed E-state index contributed by atoms with van der Waals surface area (Å²) in [5.41, 5.74) is 5.80. The fourth-order valence-corrected chi connectivity index (χ4v) is 3.91. The smallest absolute Gasteiger partial charge is 0.240 e. The third-order valence-electron chi connectivity index (χ3n) is 4.38. The highest BCUT2D eigenvalue weighted by Crippen LogP contribution is 2.25. The number of hydrogen-bond donors (Lipinski definition) is 1. The third kappa shape index (κ3) is 4.13. The Balaban J connectivity index is 1.47. The van der Waals surface area contributed by atoms with E-state index in [0.29, 0.717) is 26.2 Å². The van der Waals surface area contributed by atoms with Gasteiger partial charge in [-0.05, 0) is 31.2 Å². The summed E-state index contributed by atoms with van der Waals surface area (Å²) < 4.78 is 12.8. The normalized spacial score (nSPS) is 15.1. The number of rotatable bonds is 6. The number of carbonyl (C=O) groups is 1. The van der Waals surface area contributed by atoms with Gasteiger partial charge in [0.05, 0.1) is 31.9 Å². The summed E-state index contributed by atoms with van der Waals surface area (Å²) in [6.45, 7) is 5.35. The molecule has 0 atom stereocenters. The van der Waals surface area contributed by atoms with E-state index in [9.17, 15) is 4.79 Å². The number of carbonyl (C=O) groups excluding carboxylic acids is 1. The van der Waals surface area contributed by atoms with Gasteiger partial charge >= 0.3 is 0 Å². The van der Waals surface area contributed by atoms with Crippen LogP contribution in [0, 0.1) is 0 Å². The van der Waals surface area contributed by atoms with Crippen LogP contribution in [0.3, 0.4) is 0 Å². The van der Waals surface area contributed by atoms with E-state index in [-0.39, 0.29) is 5.91 Å². The van der Waals surface area contributed by atoms with Crippen LogP contribution in [0.15, 0.2) is 35.8 Å². The lowest BCUT2D eigenvalue weighted by atomic mass is 10.1. The monoisotopic (exact) mass is 386 g/mol. The molecule has 1 aliphatic rings.